The van der Waals surface area contributed by atoms with E-state index in [1.165, 1.54) is 0 Å². The second-order valence-corrected chi connectivity index (χ2v) is 9.13. The number of benzene rings is 2. The molecule has 0 fully saturated rings. The van der Waals surface area contributed by atoms with Crippen LogP contribution in [-0.4, -0.2) is 41.8 Å². The van der Waals surface area contributed by atoms with Gasteiger partial charge in [0, 0.05) is 12.8 Å². The van der Waals surface area contributed by atoms with Crippen LogP contribution < -0.4 is 10.6 Å². The third kappa shape index (κ3) is 9.76. The standard InChI is InChI=1S/C26H34N2O5/c1-18(2)32-24(30)22(17-20-14-10-7-11-15-20)27-23(29)21(16-19-12-8-6-9-13-19)28-25(31)33-26(3,4)5/h6-15,18,21-22H,16-17H2,1-5H3,(H,27,29)(H,28,31). The van der Waals surface area contributed by atoms with E-state index in [2.05, 4.69) is 10.6 Å². The molecule has 2 aromatic rings. The Kier molecular flexibility index (Phi) is 9.45. The number of rotatable bonds is 9. The molecule has 2 N–H and O–H groups in total. The van der Waals surface area contributed by atoms with Crippen molar-refractivity contribution in [1.29, 1.82) is 0 Å². The molecule has 0 aliphatic carbocycles. The molecule has 0 aliphatic heterocycles. The highest BCUT2D eigenvalue weighted by Gasteiger charge is 2.30. The average molecular weight is 455 g/mol. The van der Waals surface area contributed by atoms with Crippen molar-refractivity contribution in [2.45, 2.75) is 71.2 Å². The van der Waals surface area contributed by atoms with Crippen LogP contribution in [0.3, 0.4) is 0 Å². The topological polar surface area (TPSA) is 93.7 Å². The fourth-order valence-corrected chi connectivity index (χ4v) is 3.14. The van der Waals surface area contributed by atoms with Crippen molar-refractivity contribution in [3.63, 3.8) is 0 Å². The predicted octanol–water partition coefficient (Wildman–Crippen LogP) is 3.80. The summed E-state index contributed by atoms with van der Waals surface area (Å²) in [5.41, 5.74) is 1.02. The lowest BCUT2D eigenvalue weighted by Gasteiger charge is -2.25. The van der Waals surface area contributed by atoms with Gasteiger partial charge in [0.2, 0.25) is 5.91 Å². The van der Waals surface area contributed by atoms with Crippen LogP contribution in [-0.2, 0) is 31.9 Å². The molecule has 2 aromatic carbocycles. The molecule has 7 heteroatoms. The van der Waals surface area contributed by atoms with E-state index in [-0.39, 0.29) is 18.9 Å². The van der Waals surface area contributed by atoms with E-state index in [9.17, 15) is 14.4 Å². The number of hydrogen-bond donors (Lipinski definition) is 2. The molecule has 0 saturated heterocycles. The molecule has 0 saturated carbocycles. The fraction of sp³-hybridized carbons (Fsp3) is 0.423. The van der Waals surface area contributed by atoms with Crippen molar-refractivity contribution in [2.75, 3.05) is 0 Å². The van der Waals surface area contributed by atoms with Gasteiger partial charge in [0.05, 0.1) is 6.10 Å². The Hall–Kier alpha value is -3.35. The number of carbonyl (C=O) groups excluding carboxylic acids is 3. The maximum atomic E-state index is 13.3. The minimum atomic E-state index is -0.938. The van der Waals surface area contributed by atoms with E-state index in [0.717, 1.165) is 11.1 Å². The highest BCUT2D eigenvalue weighted by molar-refractivity contribution is 5.90. The predicted molar refractivity (Wildman–Crippen MR) is 127 cm³/mol. The molecule has 33 heavy (non-hydrogen) atoms. The quantitative estimate of drug-likeness (QED) is 0.562. The van der Waals surface area contributed by atoms with Crippen molar-refractivity contribution in [3.05, 3.63) is 71.8 Å². The lowest BCUT2D eigenvalue weighted by atomic mass is 10.0. The first-order valence-electron chi connectivity index (χ1n) is 11.1. The average Bonchev–Trinajstić information content (AvgIpc) is 2.72. The third-order valence-corrected chi connectivity index (χ3v) is 4.53. The molecule has 0 aliphatic rings. The summed E-state index contributed by atoms with van der Waals surface area (Å²) in [6.07, 6.45) is -0.526. The van der Waals surface area contributed by atoms with Crippen LogP contribution in [0.15, 0.2) is 60.7 Å². The minimum absolute atomic E-state index is 0.239. The molecule has 0 heterocycles. The molecule has 2 rings (SSSR count). The summed E-state index contributed by atoms with van der Waals surface area (Å²) in [4.78, 5) is 38.4. The summed E-state index contributed by atoms with van der Waals surface area (Å²) >= 11 is 0. The first-order chi connectivity index (χ1) is 15.5. The number of ether oxygens (including phenoxy) is 2. The highest BCUT2D eigenvalue weighted by atomic mass is 16.6. The molecule has 0 bridgehead atoms. The van der Waals surface area contributed by atoms with Crippen LogP contribution in [0.5, 0.6) is 0 Å². The molecular weight excluding hydrogens is 420 g/mol. The number of amides is 2. The number of esters is 1. The SMILES string of the molecule is CC(C)OC(=O)C(Cc1ccccc1)NC(=O)C(Cc1ccccc1)NC(=O)OC(C)(C)C. The first-order valence-corrected chi connectivity index (χ1v) is 11.1. The van der Waals surface area contributed by atoms with Gasteiger partial charge in [-0.15, -0.1) is 0 Å². The Balaban J connectivity index is 2.21. The smallest absolute Gasteiger partial charge is 0.408 e. The molecule has 0 aromatic heterocycles. The van der Waals surface area contributed by atoms with E-state index in [1.807, 2.05) is 60.7 Å². The first kappa shape index (κ1) is 25.9. The van der Waals surface area contributed by atoms with Crippen LogP contribution in [0.2, 0.25) is 0 Å². The Bertz CT molecular complexity index is 907. The van der Waals surface area contributed by atoms with Gasteiger partial charge in [-0.25, -0.2) is 9.59 Å². The number of nitrogens with one attached hydrogen (secondary N) is 2. The Morgan fingerprint density at radius 2 is 1.27 bits per heavy atom. The van der Waals surface area contributed by atoms with E-state index >= 15 is 0 Å². The Morgan fingerprint density at radius 1 is 0.788 bits per heavy atom. The number of carbonyl (C=O) groups is 3. The van der Waals surface area contributed by atoms with Gasteiger partial charge >= 0.3 is 12.1 Å². The molecule has 7 nitrogen and oxygen atoms in total. The molecule has 0 radical (unpaired) electrons. The largest absolute Gasteiger partial charge is 0.461 e. The van der Waals surface area contributed by atoms with Crippen molar-refractivity contribution >= 4 is 18.0 Å². The normalized spacial score (nSPS) is 13.0. The summed E-state index contributed by atoms with van der Waals surface area (Å²) in [6.45, 7) is 8.74. The minimum Gasteiger partial charge on any atom is -0.461 e. The molecule has 178 valence electrons. The Labute approximate surface area is 195 Å². The van der Waals surface area contributed by atoms with Crippen molar-refractivity contribution in [3.8, 4) is 0 Å². The maximum absolute atomic E-state index is 13.3. The van der Waals surface area contributed by atoms with Crippen molar-refractivity contribution in [1.82, 2.24) is 10.6 Å². The van der Waals surface area contributed by atoms with Gasteiger partial charge in [-0.2, -0.15) is 0 Å². The van der Waals surface area contributed by atoms with Crippen LogP contribution >= 0.6 is 0 Å². The van der Waals surface area contributed by atoms with Crippen LogP contribution in [0.1, 0.15) is 45.7 Å². The van der Waals surface area contributed by atoms with E-state index in [4.69, 9.17) is 9.47 Å². The van der Waals surface area contributed by atoms with Gasteiger partial charge in [-0.3, -0.25) is 4.79 Å². The monoisotopic (exact) mass is 454 g/mol. The number of alkyl carbamates (subject to hydrolysis) is 1. The van der Waals surface area contributed by atoms with Gasteiger partial charge in [-0.1, -0.05) is 60.7 Å². The number of hydrogen-bond acceptors (Lipinski definition) is 5. The lowest BCUT2D eigenvalue weighted by molar-refractivity contribution is -0.151. The van der Waals surface area contributed by atoms with Gasteiger partial charge in [-0.05, 0) is 45.7 Å². The Morgan fingerprint density at radius 3 is 1.73 bits per heavy atom. The fourth-order valence-electron chi connectivity index (χ4n) is 3.14. The van der Waals surface area contributed by atoms with Crippen molar-refractivity contribution in [2.24, 2.45) is 0 Å². The molecule has 2 unspecified atom stereocenters. The summed E-state index contributed by atoms with van der Waals surface area (Å²) < 4.78 is 10.7. The third-order valence-electron chi connectivity index (χ3n) is 4.53. The summed E-state index contributed by atoms with van der Waals surface area (Å²) in [7, 11) is 0. The van der Waals surface area contributed by atoms with E-state index in [1.54, 1.807) is 34.6 Å². The molecular formula is C26H34N2O5. The summed E-state index contributed by atoms with van der Waals surface area (Å²) in [6, 6.07) is 16.8. The molecule has 2 atom stereocenters. The van der Waals surface area contributed by atoms with Gasteiger partial charge in [0.25, 0.3) is 0 Å². The zero-order valence-corrected chi connectivity index (χ0v) is 20.0. The summed E-state index contributed by atoms with van der Waals surface area (Å²) in [5.74, 6) is -1.02. The van der Waals surface area contributed by atoms with Gasteiger partial charge in [0.15, 0.2) is 0 Å². The van der Waals surface area contributed by atoms with E-state index in [0.29, 0.717) is 0 Å². The van der Waals surface area contributed by atoms with Gasteiger partial charge < -0.3 is 20.1 Å². The summed E-state index contributed by atoms with van der Waals surface area (Å²) in [5, 5.41) is 5.42. The zero-order valence-electron chi connectivity index (χ0n) is 20.0. The molecule has 2 amide bonds. The second kappa shape index (κ2) is 12.0. The van der Waals surface area contributed by atoms with Crippen LogP contribution in [0, 0.1) is 0 Å². The zero-order chi connectivity index (χ0) is 24.4. The lowest BCUT2D eigenvalue weighted by Crippen LogP contribution is -2.54. The van der Waals surface area contributed by atoms with Crippen molar-refractivity contribution < 1.29 is 23.9 Å². The molecule has 0 spiro atoms. The second-order valence-electron chi connectivity index (χ2n) is 9.13. The van der Waals surface area contributed by atoms with E-state index < -0.39 is 35.7 Å². The van der Waals surface area contributed by atoms with Crippen LogP contribution in [0.25, 0.3) is 0 Å². The van der Waals surface area contributed by atoms with Gasteiger partial charge in [0.1, 0.15) is 17.7 Å². The van der Waals surface area contributed by atoms with Crippen LogP contribution in [0.4, 0.5) is 4.79 Å². The maximum Gasteiger partial charge on any atom is 0.408 e. The highest BCUT2D eigenvalue weighted by Crippen LogP contribution is 2.11.